The van der Waals surface area contributed by atoms with Gasteiger partial charge in [0, 0.05) is 12.5 Å². The highest BCUT2D eigenvalue weighted by Gasteiger charge is 2.13. The molecule has 1 fully saturated rings. The van der Waals surface area contributed by atoms with Gasteiger partial charge in [0.15, 0.2) is 0 Å². The van der Waals surface area contributed by atoms with Gasteiger partial charge >= 0.3 is 0 Å². The molecular weight excluding hydrogens is 202 g/mol. The molecule has 16 heavy (non-hydrogen) atoms. The summed E-state index contributed by atoms with van der Waals surface area (Å²) in [5.74, 6) is 1.86. The van der Waals surface area contributed by atoms with Gasteiger partial charge in [0.1, 0.15) is 11.5 Å². The third kappa shape index (κ3) is 3.34. The number of aryl methyl sites for hydroxylation is 1. The normalized spacial score (nSPS) is 17.8. The van der Waals surface area contributed by atoms with Crippen molar-refractivity contribution < 1.29 is 9.63 Å². The molecule has 1 saturated carbocycles. The van der Waals surface area contributed by atoms with E-state index in [0.717, 1.165) is 18.1 Å². The second-order valence-electron chi connectivity index (χ2n) is 4.84. The second kappa shape index (κ2) is 6.04. The van der Waals surface area contributed by atoms with Crippen LogP contribution >= 0.6 is 0 Å². The summed E-state index contributed by atoms with van der Waals surface area (Å²) < 4.78 is 5.13. The number of aliphatic hydroxyl groups excluding tert-OH is 1. The number of nitrogens with zero attached hydrogens (tertiary/aromatic N) is 1. The Labute approximate surface area is 96.8 Å². The van der Waals surface area contributed by atoms with Crippen molar-refractivity contribution in [1.29, 1.82) is 0 Å². The predicted octanol–water partition coefficient (Wildman–Crippen LogP) is 3.07. The molecule has 0 saturated heterocycles. The van der Waals surface area contributed by atoms with Gasteiger partial charge in [-0.05, 0) is 12.3 Å². The maximum Gasteiger partial charge on any atom is 0.137 e. The lowest BCUT2D eigenvalue weighted by Crippen LogP contribution is -2.06. The highest BCUT2D eigenvalue weighted by Crippen LogP contribution is 2.27. The molecule has 1 aliphatic carbocycles. The fraction of sp³-hybridized carbons (Fsp3) is 0.769. The maximum atomic E-state index is 8.86. The minimum Gasteiger partial charge on any atom is -0.390 e. The molecule has 90 valence electrons. The number of rotatable bonds is 5. The smallest absolute Gasteiger partial charge is 0.137 e. The quantitative estimate of drug-likeness (QED) is 0.834. The minimum atomic E-state index is -0.0217. The lowest BCUT2D eigenvalue weighted by Gasteiger charge is -2.20. The summed E-state index contributed by atoms with van der Waals surface area (Å²) in [7, 11) is 0. The number of hydrogen-bond donors (Lipinski definition) is 1. The first-order valence-electron chi connectivity index (χ1n) is 6.44. The molecule has 2 rings (SSSR count). The number of hydrogen-bond acceptors (Lipinski definition) is 3. The summed E-state index contributed by atoms with van der Waals surface area (Å²) >= 11 is 0. The summed E-state index contributed by atoms with van der Waals surface area (Å²) in [6.45, 7) is -0.0217. The first-order valence-corrected chi connectivity index (χ1v) is 6.44. The van der Waals surface area contributed by atoms with Crippen LogP contribution < -0.4 is 0 Å². The topological polar surface area (TPSA) is 46.3 Å². The maximum absolute atomic E-state index is 8.86. The van der Waals surface area contributed by atoms with E-state index in [1.165, 1.54) is 44.9 Å². The summed E-state index contributed by atoms with van der Waals surface area (Å²) in [6, 6.07) is 1.86. The lowest BCUT2D eigenvalue weighted by atomic mass is 9.86. The SMILES string of the molecule is OCc1cc(CCCC2CCCCC2)on1. The Kier molecular flexibility index (Phi) is 4.40. The molecule has 1 aliphatic rings. The molecular formula is C13H21NO2. The van der Waals surface area contributed by atoms with Crippen LogP contribution in [0, 0.1) is 5.92 Å². The van der Waals surface area contributed by atoms with E-state index in [9.17, 15) is 0 Å². The van der Waals surface area contributed by atoms with E-state index in [4.69, 9.17) is 9.63 Å². The number of aromatic nitrogens is 1. The fourth-order valence-electron chi connectivity index (χ4n) is 2.59. The van der Waals surface area contributed by atoms with Gasteiger partial charge in [-0.3, -0.25) is 0 Å². The highest BCUT2D eigenvalue weighted by atomic mass is 16.5. The zero-order valence-electron chi connectivity index (χ0n) is 9.82. The van der Waals surface area contributed by atoms with Crippen LogP contribution in [-0.2, 0) is 13.0 Å². The third-order valence-electron chi connectivity index (χ3n) is 3.53. The van der Waals surface area contributed by atoms with E-state index in [0.29, 0.717) is 5.69 Å². The molecule has 1 aromatic rings. The van der Waals surface area contributed by atoms with Crippen molar-refractivity contribution in [2.75, 3.05) is 0 Å². The fourth-order valence-corrected chi connectivity index (χ4v) is 2.59. The molecule has 0 aliphatic heterocycles. The Morgan fingerprint density at radius 1 is 1.31 bits per heavy atom. The van der Waals surface area contributed by atoms with Gasteiger partial charge in [0.25, 0.3) is 0 Å². The Morgan fingerprint density at radius 2 is 2.12 bits per heavy atom. The van der Waals surface area contributed by atoms with Crippen molar-refractivity contribution >= 4 is 0 Å². The van der Waals surface area contributed by atoms with Crippen LogP contribution in [0.15, 0.2) is 10.6 Å². The Bertz CT molecular complexity index is 303. The van der Waals surface area contributed by atoms with Crippen molar-refractivity contribution in [3.8, 4) is 0 Å². The molecule has 0 atom stereocenters. The standard InChI is InChI=1S/C13H21NO2/c15-10-12-9-13(16-14-12)8-4-7-11-5-2-1-3-6-11/h9,11,15H,1-8,10H2. The largest absolute Gasteiger partial charge is 0.390 e. The van der Waals surface area contributed by atoms with Crippen molar-refractivity contribution in [1.82, 2.24) is 5.16 Å². The van der Waals surface area contributed by atoms with Gasteiger partial charge in [0.2, 0.25) is 0 Å². The van der Waals surface area contributed by atoms with E-state index in [1.807, 2.05) is 6.07 Å². The third-order valence-corrected chi connectivity index (χ3v) is 3.53. The summed E-state index contributed by atoms with van der Waals surface area (Å²) in [5, 5.41) is 12.6. The molecule has 0 radical (unpaired) electrons. The first-order chi connectivity index (χ1) is 7.88. The van der Waals surface area contributed by atoms with Gasteiger partial charge in [0.05, 0.1) is 6.61 Å². The summed E-state index contributed by atoms with van der Waals surface area (Å²) in [6.07, 6.45) is 10.6. The average Bonchev–Trinajstić information content (AvgIpc) is 2.78. The zero-order valence-corrected chi connectivity index (χ0v) is 9.82. The predicted molar refractivity (Wildman–Crippen MR) is 61.9 cm³/mol. The van der Waals surface area contributed by atoms with Crippen LogP contribution in [-0.4, -0.2) is 10.3 Å². The van der Waals surface area contributed by atoms with E-state index >= 15 is 0 Å². The summed E-state index contributed by atoms with van der Waals surface area (Å²) in [5.41, 5.74) is 0.646. The van der Waals surface area contributed by atoms with Crippen LogP contribution in [0.2, 0.25) is 0 Å². The molecule has 1 heterocycles. The molecule has 0 unspecified atom stereocenters. The van der Waals surface area contributed by atoms with Crippen molar-refractivity contribution in [3.63, 3.8) is 0 Å². The van der Waals surface area contributed by atoms with Crippen LogP contribution in [0.1, 0.15) is 56.4 Å². The van der Waals surface area contributed by atoms with Gasteiger partial charge in [-0.1, -0.05) is 43.7 Å². The van der Waals surface area contributed by atoms with Gasteiger partial charge in [-0.15, -0.1) is 0 Å². The molecule has 0 amide bonds. The zero-order chi connectivity index (χ0) is 11.2. The first kappa shape index (κ1) is 11.6. The molecule has 0 aromatic carbocycles. The molecule has 1 N–H and O–H groups in total. The van der Waals surface area contributed by atoms with Crippen LogP contribution in [0.3, 0.4) is 0 Å². The van der Waals surface area contributed by atoms with Crippen LogP contribution in [0.25, 0.3) is 0 Å². The Balaban J connectivity index is 1.66. The van der Waals surface area contributed by atoms with Gasteiger partial charge < -0.3 is 9.63 Å². The van der Waals surface area contributed by atoms with Gasteiger partial charge in [-0.25, -0.2) is 0 Å². The van der Waals surface area contributed by atoms with E-state index in [2.05, 4.69) is 5.16 Å². The Morgan fingerprint density at radius 3 is 2.81 bits per heavy atom. The van der Waals surface area contributed by atoms with E-state index in [1.54, 1.807) is 0 Å². The molecule has 1 aromatic heterocycles. The number of aliphatic hydroxyl groups is 1. The molecule has 3 nitrogen and oxygen atoms in total. The van der Waals surface area contributed by atoms with Crippen molar-refractivity contribution in [2.24, 2.45) is 5.92 Å². The average molecular weight is 223 g/mol. The van der Waals surface area contributed by atoms with E-state index in [-0.39, 0.29) is 6.61 Å². The Hall–Kier alpha value is -0.830. The minimum absolute atomic E-state index is 0.0217. The van der Waals surface area contributed by atoms with Crippen LogP contribution in [0.4, 0.5) is 0 Å². The molecule has 3 heteroatoms. The van der Waals surface area contributed by atoms with E-state index < -0.39 is 0 Å². The molecule has 0 spiro atoms. The van der Waals surface area contributed by atoms with Gasteiger partial charge in [-0.2, -0.15) is 0 Å². The van der Waals surface area contributed by atoms with Crippen molar-refractivity contribution in [3.05, 3.63) is 17.5 Å². The summed E-state index contributed by atoms with van der Waals surface area (Å²) in [4.78, 5) is 0. The van der Waals surface area contributed by atoms with Crippen molar-refractivity contribution in [2.45, 2.75) is 58.0 Å². The van der Waals surface area contributed by atoms with Crippen LogP contribution in [0.5, 0.6) is 0 Å². The highest BCUT2D eigenvalue weighted by molar-refractivity contribution is 5.04. The lowest BCUT2D eigenvalue weighted by molar-refractivity contribution is 0.264. The monoisotopic (exact) mass is 223 g/mol. The second-order valence-corrected chi connectivity index (χ2v) is 4.84. The molecule has 0 bridgehead atoms.